The van der Waals surface area contributed by atoms with Gasteiger partial charge < -0.3 is 5.73 Å². The van der Waals surface area contributed by atoms with Gasteiger partial charge >= 0.3 is 0 Å². The Labute approximate surface area is 109 Å². The zero-order chi connectivity index (χ0) is 12.4. The number of nitrogens with zero attached hydrogens (tertiary/aromatic N) is 2. The average Bonchev–Trinajstić information content (AvgIpc) is 3.01. The SMILES string of the molecule is NC1C=C(Cc2ccn(C3CCCCC3)n2)CC1. The second kappa shape index (κ2) is 5.27. The molecule has 0 aromatic carbocycles. The third-order valence-corrected chi connectivity index (χ3v) is 4.27. The second-order valence-corrected chi connectivity index (χ2v) is 5.78. The summed E-state index contributed by atoms with van der Waals surface area (Å²) in [4.78, 5) is 0. The van der Waals surface area contributed by atoms with Crippen molar-refractivity contribution < 1.29 is 0 Å². The van der Waals surface area contributed by atoms with Gasteiger partial charge in [-0.3, -0.25) is 4.68 Å². The van der Waals surface area contributed by atoms with Crippen LogP contribution in [0.2, 0.25) is 0 Å². The van der Waals surface area contributed by atoms with Crippen LogP contribution in [0.3, 0.4) is 0 Å². The van der Waals surface area contributed by atoms with Gasteiger partial charge in [0, 0.05) is 18.7 Å². The molecule has 1 atom stereocenters. The van der Waals surface area contributed by atoms with E-state index >= 15 is 0 Å². The fourth-order valence-corrected chi connectivity index (χ4v) is 3.22. The Balaban J connectivity index is 1.64. The van der Waals surface area contributed by atoms with Crippen LogP contribution in [0.25, 0.3) is 0 Å². The quantitative estimate of drug-likeness (QED) is 0.832. The fourth-order valence-electron chi connectivity index (χ4n) is 3.22. The molecule has 1 aromatic rings. The molecule has 2 N–H and O–H groups in total. The summed E-state index contributed by atoms with van der Waals surface area (Å²) in [5.74, 6) is 0. The minimum Gasteiger partial charge on any atom is -0.324 e. The molecule has 2 aliphatic carbocycles. The first-order valence-electron chi connectivity index (χ1n) is 7.30. The minimum absolute atomic E-state index is 0.278. The van der Waals surface area contributed by atoms with Crippen molar-refractivity contribution in [2.75, 3.05) is 0 Å². The lowest BCUT2D eigenvalue weighted by Crippen LogP contribution is -2.13. The van der Waals surface area contributed by atoms with Crippen LogP contribution in [0, 0.1) is 0 Å². The van der Waals surface area contributed by atoms with Gasteiger partial charge in [-0.2, -0.15) is 5.10 Å². The normalized spacial score (nSPS) is 25.4. The smallest absolute Gasteiger partial charge is 0.0665 e. The van der Waals surface area contributed by atoms with Crippen molar-refractivity contribution in [2.45, 2.75) is 63.5 Å². The maximum atomic E-state index is 5.90. The lowest BCUT2D eigenvalue weighted by Gasteiger charge is -2.21. The molecule has 0 radical (unpaired) electrons. The van der Waals surface area contributed by atoms with Crippen LogP contribution in [0.15, 0.2) is 23.9 Å². The maximum Gasteiger partial charge on any atom is 0.0665 e. The zero-order valence-electron chi connectivity index (χ0n) is 11.0. The van der Waals surface area contributed by atoms with E-state index in [0.29, 0.717) is 6.04 Å². The first-order valence-corrected chi connectivity index (χ1v) is 7.30. The Morgan fingerprint density at radius 1 is 1.22 bits per heavy atom. The van der Waals surface area contributed by atoms with Crippen molar-refractivity contribution in [2.24, 2.45) is 5.73 Å². The lowest BCUT2D eigenvalue weighted by molar-refractivity contribution is 0.328. The first kappa shape index (κ1) is 12.0. The monoisotopic (exact) mass is 245 g/mol. The molecular weight excluding hydrogens is 222 g/mol. The van der Waals surface area contributed by atoms with Crippen molar-refractivity contribution in [1.29, 1.82) is 0 Å². The van der Waals surface area contributed by atoms with E-state index in [1.807, 2.05) is 0 Å². The summed E-state index contributed by atoms with van der Waals surface area (Å²) in [6.07, 6.45) is 14.4. The van der Waals surface area contributed by atoms with Crippen molar-refractivity contribution >= 4 is 0 Å². The highest BCUT2D eigenvalue weighted by atomic mass is 15.3. The van der Waals surface area contributed by atoms with Gasteiger partial charge in [0.1, 0.15) is 0 Å². The molecule has 1 unspecified atom stereocenters. The molecule has 0 aliphatic heterocycles. The van der Waals surface area contributed by atoms with E-state index in [0.717, 1.165) is 19.3 Å². The van der Waals surface area contributed by atoms with Gasteiger partial charge in [-0.1, -0.05) is 30.9 Å². The summed E-state index contributed by atoms with van der Waals surface area (Å²) in [5.41, 5.74) is 8.58. The van der Waals surface area contributed by atoms with Crippen LogP contribution in [-0.2, 0) is 6.42 Å². The molecule has 1 saturated carbocycles. The summed E-state index contributed by atoms with van der Waals surface area (Å²) in [6.45, 7) is 0. The van der Waals surface area contributed by atoms with E-state index in [4.69, 9.17) is 10.8 Å². The molecule has 0 saturated heterocycles. The van der Waals surface area contributed by atoms with E-state index < -0.39 is 0 Å². The molecule has 1 aromatic heterocycles. The van der Waals surface area contributed by atoms with Gasteiger partial charge in [-0.15, -0.1) is 0 Å². The predicted molar refractivity (Wildman–Crippen MR) is 73.3 cm³/mol. The molecule has 18 heavy (non-hydrogen) atoms. The number of rotatable bonds is 3. The number of hydrogen-bond acceptors (Lipinski definition) is 2. The van der Waals surface area contributed by atoms with Crippen LogP contribution >= 0.6 is 0 Å². The first-order chi connectivity index (χ1) is 8.81. The van der Waals surface area contributed by atoms with E-state index in [-0.39, 0.29) is 6.04 Å². The third kappa shape index (κ3) is 2.66. The number of aromatic nitrogens is 2. The van der Waals surface area contributed by atoms with E-state index in [9.17, 15) is 0 Å². The molecule has 2 aliphatic rings. The van der Waals surface area contributed by atoms with E-state index in [1.54, 1.807) is 0 Å². The van der Waals surface area contributed by atoms with Crippen molar-refractivity contribution in [3.05, 3.63) is 29.6 Å². The highest BCUT2D eigenvalue weighted by molar-refractivity contribution is 5.20. The van der Waals surface area contributed by atoms with Crippen molar-refractivity contribution in [1.82, 2.24) is 9.78 Å². The predicted octanol–water partition coefficient (Wildman–Crippen LogP) is 2.98. The van der Waals surface area contributed by atoms with Gasteiger partial charge in [0.2, 0.25) is 0 Å². The Morgan fingerprint density at radius 3 is 2.78 bits per heavy atom. The lowest BCUT2D eigenvalue weighted by atomic mass is 9.96. The largest absolute Gasteiger partial charge is 0.324 e. The fraction of sp³-hybridized carbons (Fsp3) is 0.667. The molecule has 3 rings (SSSR count). The van der Waals surface area contributed by atoms with Crippen molar-refractivity contribution in [3.63, 3.8) is 0 Å². The van der Waals surface area contributed by atoms with Crippen LogP contribution in [-0.4, -0.2) is 15.8 Å². The Kier molecular flexibility index (Phi) is 3.50. The van der Waals surface area contributed by atoms with E-state index in [2.05, 4.69) is 23.0 Å². The third-order valence-electron chi connectivity index (χ3n) is 4.27. The van der Waals surface area contributed by atoms with Crippen LogP contribution < -0.4 is 5.73 Å². The Bertz CT molecular complexity index is 427. The minimum atomic E-state index is 0.278. The van der Waals surface area contributed by atoms with Gasteiger partial charge in [0.25, 0.3) is 0 Å². The number of allylic oxidation sites excluding steroid dienone is 1. The van der Waals surface area contributed by atoms with Crippen LogP contribution in [0.4, 0.5) is 0 Å². The number of hydrogen-bond donors (Lipinski definition) is 1. The summed E-state index contributed by atoms with van der Waals surface area (Å²) >= 11 is 0. The van der Waals surface area contributed by atoms with E-state index in [1.165, 1.54) is 43.4 Å². The number of nitrogens with two attached hydrogens (primary N) is 1. The summed E-state index contributed by atoms with van der Waals surface area (Å²) < 4.78 is 2.20. The topological polar surface area (TPSA) is 43.8 Å². The molecule has 1 fully saturated rings. The van der Waals surface area contributed by atoms with Crippen LogP contribution in [0.1, 0.15) is 56.7 Å². The molecular formula is C15H23N3. The molecule has 0 spiro atoms. The van der Waals surface area contributed by atoms with Gasteiger partial charge in [0.05, 0.1) is 11.7 Å². The summed E-state index contributed by atoms with van der Waals surface area (Å²) in [5, 5.41) is 4.76. The molecule has 1 heterocycles. The van der Waals surface area contributed by atoms with Gasteiger partial charge in [0.15, 0.2) is 0 Å². The highest BCUT2D eigenvalue weighted by Crippen LogP contribution is 2.28. The van der Waals surface area contributed by atoms with Crippen LogP contribution in [0.5, 0.6) is 0 Å². The molecule has 98 valence electrons. The highest BCUT2D eigenvalue weighted by Gasteiger charge is 2.17. The standard InChI is InChI=1S/C15H23N3/c16-13-7-6-12(10-13)11-14-8-9-18(17-14)15-4-2-1-3-5-15/h8-10,13,15H,1-7,11,16H2. The van der Waals surface area contributed by atoms with Crippen molar-refractivity contribution in [3.8, 4) is 0 Å². The average molecular weight is 245 g/mol. The van der Waals surface area contributed by atoms with Gasteiger partial charge in [-0.05, 0) is 31.7 Å². The molecule has 0 bridgehead atoms. The summed E-state index contributed by atoms with van der Waals surface area (Å²) in [7, 11) is 0. The Hall–Kier alpha value is -1.09. The van der Waals surface area contributed by atoms with Gasteiger partial charge in [-0.25, -0.2) is 0 Å². The molecule has 3 nitrogen and oxygen atoms in total. The molecule has 3 heteroatoms. The second-order valence-electron chi connectivity index (χ2n) is 5.78. The Morgan fingerprint density at radius 2 is 2.06 bits per heavy atom. The maximum absolute atomic E-state index is 5.90. The summed E-state index contributed by atoms with van der Waals surface area (Å²) in [6, 6.07) is 3.10. The molecule has 0 amide bonds. The zero-order valence-corrected chi connectivity index (χ0v) is 11.0.